The van der Waals surface area contributed by atoms with Gasteiger partial charge in [-0.25, -0.2) is 4.79 Å². The van der Waals surface area contributed by atoms with E-state index in [4.69, 9.17) is 4.74 Å². The summed E-state index contributed by atoms with van der Waals surface area (Å²) in [5.74, 6) is 0. The summed E-state index contributed by atoms with van der Waals surface area (Å²) in [5.41, 5.74) is 0. The molecular weight excluding hydrogens is 298 g/mol. The van der Waals surface area contributed by atoms with Crippen LogP contribution in [0.4, 0.5) is 4.79 Å². The van der Waals surface area contributed by atoms with E-state index in [1.165, 1.54) is 89.9 Å². The maximum atomic E-state index is 11.4. The fourth-order valence-corrected chi connectivity index (χ4v) is 3.05. The molecule has 144 valence electrons. The molecule has 0 aromatic heterocycles. The Bertz CT molecular complexity index is 269. The van der Waals surface area contributed by atoms with Gasteiger partial charge in [-0.15, -0.1) is 0 Å². The normalized spacial score (nSPS) is 10.8. The van der Waals surface area contributed by atoms with Gasteiger partial charge in [0.2, 0.25) is 0 Å². The second-order valence-electron chi connectivity index (χ2n) is 7.07. The van der Waals surface area contributed by atoms with E-state index in [2.05, 4.69) is 6.92 Å². The SMILES string of the molecule is CCCCCCCCCCCCCCCCCN(C)C(=O)OCC. The van der Waals surface area contributed by atoms with Crippen molar-refractivity contribution in [3.63, 3.8) is 0 Å². The Morgan fingerprint density at radius 1 is 0.667 bits per heavy atom. The zero-order valence-electron chi connectivity index (χ0n) is 16.8. The number of unbranched alkanes of at least 4 members (excludes halogenated alkanes) is 14. The van der Waals surface area contributed by atoms with Crippen LogP contribution in [0.3, 0.4) is 0 Å². The number of hydrogen-bond donors (Lipinski definition) is 0. The van der Waals surface area contributed by atoms with Crippen LogP contribution in [0.25, 0.3) is 0 Å². The minimum absolute atomic E-state index is 0.192. The van der Waals surface area contributed by atoms with Gasteiger partial charge < -0.3 is 9.64 Å². The van der Waals surface area contributed by atoms with Crippen molar-refractivity contribution >= 4 is 6.09 Å². The largest absolute Gasteiger partial charge is 0.450 e. The number of carbonyl (C=O) groups is 1. The molecule has 0 saturated carbocycles. The van der Waals surface area contributed by atoms with Gasteiger partial charge in [0.05, 0.1) is 6.61 Å². The van der Waals surface area contributed by atoms with Gasteiger partial charge in [0.25, 0.3) is 0 Å². The highest BCUT2D eigenvalue weighted by atomic mass is 16.5. The molecule has 0 aromatic carbocycles. The Morgan fingerprint density at radius 2 is 1.04 bits per heavy atom. The second-order valence-corrected chi connectivity index (χ2v) is 7.07. The van der Waals surface area contributed by atoms with Crippen LogP contribution >= 0.6 is 0 Å². The molecule has 0 fully saturated rings. The van der Waals surface area contributed by atoms with E-state index < -0.39 is 0 Å². The molecule has 3 nitrogen and oxygen atoms in total. The van der Waals surface area contributed by atoms with Crippen LogP contribution in [0, 0.1) is 0 Å². The molecule has 0 aliphatic heterocycles. The lowest BCUT2D eigenvalue weighted by molar-refractivity contribution is 0.115. The number of ether oxygens (including phenoxy) is 1. The highest BCUT2D eigenvalue weighted by Gasteiger charge is 2.07. The topological polar surface area (TPSA) is 29.5 Å². The van der Waals surface area contributed by atoms with Crippen LogP contribution in [-0.4, -0.2) is 31.2 Å². The monoisotopic (exact) mass is 341 g/mol. The van der Waals surface area contributed by atoms with E-state index >= 15 is 0 Å². The van der Waals surface area contributed by atoms with Crippen LogP contribution < -0.4 is 0 Å². The van der Waals surface area contributed by atoms with Crippen LogP contribution in [0.2, 0.25) is 0 Å². The first kappa shape index (κ1) is 23.3. The van der Waals surface area contributed by atoms with Crippen molar-refractivity contribution in [1.82, 2.24) is 4.90 Å². The summed E-state index contributed by atoms with van der Waals surface area (Å²) in [4.78, 5) is 13.1. The van der Waals surface area contributed by atoms with E-state index in [9.17, 15) is 4.79 Å². The molecule has 1 amide bonds. The van der Waals surface area contributed by atoms with Crippen molar-refractivity contribution in [2.45, 2.75) is 110 Å². The summed E-state index contributed by atoms with van der Waals surface area (Å²) in [5, 5.41) is 0. The third-order valence-corrected chi connectivity index (χ3v) is 4.68. The number of amides is 1. The summed E-state index contributed by atoms with van der Waals surface area (Å²) in [6.45, 7) is 5.40. The van der Waals surface area contributed by atoms with Gasteiger partial charge in [0, 0.05) is 13.6 Å². The van der Waals surface area contributed by atoms with E-state index in [1.54, 1.807) is 4.90 Å². The van der Waals surface area contributed by atoms with E-state index in [-0.39, 0.29) is 6.09 Å². The molecule has 24 heavy (non-hydrogen) atoms. The van der Waals surface area contributed by atoms with Gasteiger partial charge >= 0.3 is 6.09 Å². The molecule has 0 aromatic rings. The fourth-order valence-electron chi connectivity index (χ4n) is 3.05. The number of nitrogens with zero attached hydrogens (tertiary/aromatic N) is 1. The summed E-state index contributed by atoms with van der Waals surface area (Å²) >= 11 is 0. The number of rotatable bonds is 17. The lowest BCUT2D eigenvalue weighted by Gasteiger charge is -2.15. The molecule has 0 radical (unpaired) electrons. The molecule has 0 saturated heterocycles. The van der Waals surface area contributed by atoms with Gasteiger partial charge in [-0.2, -0.15) is 0 Å². The summed E-state index contributed by atoms with van der Waals surface area (Å²) < 4.78 is 4.97. The minimum Gasteiger partial charge on any atom is -0.450 e. The van der Waals surface area contributed by atoms with Crippen molar-refractivity contribution in [2.75, 3.05) is 20.2 Å². The maximum Gasteiger partial charge on any atom is 0.409 e. The Labute approximate surface area is 151 Å². The first-order valence-electron chi connectivity index (χ1n) is 10.6. The summed E-state index contributed by atoms with van der Waals surface area (Å²) in [6, 6.07) is 0. The smallest absolute Gasteiger partial charge is 0.409 e. The molecule has 0 rings (SSSR count). The molecule has 0 aliphatic rings. The quantitative estimate of drug-likeness (QED) is 0.268. The molecule has 0 atom stereocenters. The van der Waals surface area contributed by atoms with E-state index in [1.807, 2.05) is 14.0 Å². The minimum atomic E-state index is -0.192. The molecule has 0 spiro atoms. The summed E-state index contributed by atoms with van der Waals surface area (Å²) in [7, 11) is 1.82. The van der Waals surface area contributed by atoms with Crippen molar-refractivity contribution in [1.29, 1.82) is 0 Å². The number of hydrogen-bond acceptors (Lipinski definition) is 2. The molecule has 0 bridgehead atoms. The Kier molecular flexibility index (Phi) is 18.0. The highest BCUT2D eigenvalue weighted by Crippen LogP contribution is 2.13. The first-order chi connectivity index (χ1) is 11.7. The predicted molar refractivity (Wildman–Crippen MR) is 105 cm³/mol. The third-order valence-electron chi connectivity index (χ3n) is 4.68. The zero-order chi connectivity index (χ0) is 17.9. The van der Waals surface area contributed by atoms with E-state index in [0.29, 0.717) is 6.61 Å². The van der Waals surface area contributed by atoms with Gasteiger partial charge in [-0.3, -0.25) is 0 Å². The van der Waals surface area contributed by atoms with Crippen molar-refractivity contribution < 1.29 is 9.53 Å². The fraction of sp³-hybridized carbons (Fsp3) is 0.952. The average Bonchev–Trinajstić information content (AvgIpc) is 2.58. The molecule has 0 aliphatic carbocycles. The molecule has 0 N–H and O–H groups in total. The Hall–Kier alpha value is -0.730. The average molecular weight is 342 g/mol. The lowest BCUT2D eigenvalue weighted by Crippen LogP contribution is -2.28. The lowest BCUT2D eigenvalue weighted by atomic mass is 10.0. The molecular formula is C21H43NO2. The van der Waals surface area contributed by atoms with Gasteiger partial charge in [-0.1, -0.05) is 96.8 Å². The van der Waals surface area contributed by atoms with Crippen molar-refractivity contribution in [2.24, 2.45) is 0 Å². The third kappa shape index (κ3) is 16.1. The van der Waals surface area contributed by atoms with Crippen LogP contribution in [0.5, 0.6) is 0 Å². The molecule has 0 heterocycles. The van der Waals surface area contributed by atoms with Crippen LogP contribution in [0.1, 0.15) is 110 Å². The Balaban J connectivity index is 3.14. The second kappa shape index (κ2) is 18.6. The summed E-state index contributed by atoms with van der Waals surface area (Å²) in [6.07, 6.45) is 20.4. The predicted octanol–water partition coefficient (Wildman–Crippen LogP) is 6.95. The standard InChI is InChI=1S/C21H43NO2/c1-4-6-7-8-9-10-11-12-13-14-15-16-17-18-19-20-22(3)21(23)24-5-2/h4-20H2,1-3H3. The van der Waals surface area contributed by atoms with Crippen LogP contribution in [0.15, 0.2) is 0 Å². The highest BCUT2D eigenvalue weighted by molar-refractivity contribution is 5.67. The van der Waals surface area contributed by atoms with Gasteiger partial charge in [0.15, 0.2) is 0 Å². The maximum absolute atomic E-state index is 11.4. The van der Waals surface area contributed by atoms with Crippen LogP contribution in [-0.2, 0) is 4.74 Å². The van der Waals surface area contributed by atoms with Gasteiger partial charge in [0.1, 0.15) is 0 Å². The Morgan fingerprint density at radius 3 is 1.42 bits per heavy atom. The van der Waals surface area contributed by atoms with E-state index in [0.717, 1.165) is 13.0 Å². The molecule has 3 heteroatoms. The number of carbonyl (C=O) groups excluding carboxylic acids is 1. The zero-order valence-corrected chi connectivity index (χ0v) is 16.8. The van der Waals surface area contributed by atoms with Gasteiger partial charge in [-0.05, 0) is 13.3 Å². The first-order valence-corrected chi connectivity index (χ1v) is 10.6. The molecule has 0 unspecified atom stereocenters. The van der Waals surface area contributed by atoms with Crippen molar-refractivity contribution in [3.05, 3.63) is 0 Å². The van der Waals surface area contributed by atoms with Crippen molar-refractivity contribution in [3.8, 4) is 0 Å².